The second kappa shape index (κ2) is 7.15. The monoisotopic (exact) mass is 350 g/mol. The number of likely N-dealkylation sites (tertiary alicyclic amines) is 1. The van der Waals surface area contributed by atoms with Crippen molar-refractivity contribution < 1.29 is 4.79 Å². The number of hydrogen-bond donors (Lipinski definition) is 0. The first-order chi connectivity index (χ1) is 12.7. The van der Waals surface area contributed by atoms with Crippen molar-refractivity contribution in [1.29, 1.82) is 0 Å². The molecule has 0 spiro atoms. The van der Waals surface area contributed by atoms with Gasteiger partial charge in [0.15, 0.2) is 5.65 Å². The number of aromatic nitrogens is 3. The van der Waals surface area contributed by atoms with Crippen LogP contribution in [0.1, 0.15) is 18.4 Å². The number of nitrogens with zero attached hydrogens (tertiary/aromatic N) is 4. The number of amides is 1. The summed E-state index contributed by atoms with van der Waals surface area (Å²) in [5.74, 6) is 0.577. The Hall–Kier alpha value is -2.89. The summed E-state index contributed by atoms with van der Waals surface area (Å²) in [5, 5.41) is 4.24. The second-order valence-electron chi connectivity index (χ2n) is 6.88. The van der Waals surface area contributed by atoms with Gasteiger partial charge in [-0.3, -0.25) is 9.20 Å². The van der Waals surface area contributed by atoms with Crippen LogP contribution in [0, 0.1) is 5.92 Å². The molecule has 0 bridgehead atoms. The lowest BCUT2D eigenvalue weighted by Crippen LogP contribution is -2.42. The molecule has 3 aromatic rings. The molecule has 1 aromatic carbocycles. The van der Waals surface area contributed by atoms with Gasteiger partial charge in [-0.1, -0.05) is 36.4 Å². The SMILES string of the molecule is O=C(Cn1nc2ccccn2c1=O)N1CCC(Cc2ccccc2)CC1. The Labute approximate surface area is 151 Å². The molecular formula is C20H22N4O2. The molecule has 0 saturated carbocycles. The lowest BCUT2D eigenvalue weighted by Gasteiger charge is -2.32. The fraction of sp³-hybridized carbons (Fsp3) is 0.350. The Morgan fingerprint density at radius 1 is 1.04 bits per heavy atom. The maximum atomic E-state index is 12.6. The fourth-order valence-electron chi connectivity index (χ4n) is 3.63. The van der Waals surface area contributed by atoms with Gasteiger partial charge in [0, 0.05) is 19.3 Å². The van der Waals surface area contributed by atoms with E-state index in [1.165, 1.54) is 14.6 Å². The predicted octanol–water partition coefficient (Wildman–Crippen LogP) is 1.98. The van der Waals surface area contributed by atoms with Crippen LogP contribution in [0.4, 0.5) is 0 Å². The van der Waals surface area contributed by atoms with E-state index in [2.05, 4.69) is 29.4 Å². The van der Waals surface area contributed by atoms with Gasteiger partial charge in [-0.25, -0.2) is 9.48 Å². The summed E-state index contributed by atoms with van der Waals surface area (Å²) in [6, 6.07) is 15.9. The van der Waals surface area contributed by atoms with Crippen molar-refractivity contribution in [2.45, 2.75) is 25.8 Å². The minimum absolute atomic E-state index is 0.00383. The Bertz CT molecular complexity index is 953. The quantitative estimate of drug-likeness (QED) is 0.723. The van der Waals surface area contributed by atoms with Gasteiger partial charge < -0.3 is 4.90 Å². The number of carbonyl (C=O) groups excluding carboxylic acids is 1. The first-order valence-corrected chi connectivity index (χ1v) is 9.06. The molecule has 2 aromatic heterocycles. The van der Waals surface area contributed by atoms with E-state index in [0.29, 0.717) is 11.6 Å². The molecule has 6 nitrogen and oxygen atoms in total. The molecule has 26 heavy (non-hydrogen) atoms. The minimum Gasteiger partial charge on any atom is -0.341 e. The molecule has 134 valence electrons. The number of fused-ring (bicyclic) bond motifs is 1. The average molecular weight is 350 g/mol. The van der Waals surface area contributed by atoms with Gasteiger partial charge in [0.25, 0.3) is 0 Å². The molecular weight excluding hydrogens is 328 g/mol. The molecule has 0 atom stereocenters. The van der Waals surface area contributed by atoms with Crippen molar-refractivity contribution in [2.75, 3.05) is 13.1 Å². The van der Waals surface area contributed by atoms with Gasteiger partial charge in [-0.15, -0.1) is 5.10 Å². The first kappa shape index (κ1) is 16.6. The molecule has 0 N–H and O–H groups in total. The molecule has 1 saturated heterocycles. The van der Waals surface area contributed by atoms with E-state index < -0.39 is 0 Å². The lowest BCUT2D eigenvalue weighted by atomic mass is 9.90. The highest BCUT2D eigenvalue weighted by Crippen LogP contribution is 2.21. The van der Waals surface area contributed by atoms with Gasteiger partial charge in [0.2, 0.25) is 5.91 Å². The predicted molar refractivity (Wildman–Crippen MR) is 98.9 cm³/mol. The highest BCUT2D eigenvalue weighted by molar-refractivity contribution is 5.76. The molecule has 6 heteroatoms. The topological polar surface area (TPSA) is 59.6 Å². The third-order valence-corrected chi connectivity index (χ3v) is 5.11. The number of pyridine rings is 1. The van der Waals surface area contributed by atoms with Crippen LogP contribution in [0.15, 0.2) is 59.5 Å². The molecule has 1 aliphatic heterocycles. The molecule has 4 rings (SSSR count). The van der Waals surface area contributed by atoms with Crippen molar-refractivity contribution in [3.05, 3.63) is 70.8 Å². The average Bonchev–Trinajstić information content (AvgIpc) is 2.99. The molecule has 0 radical (unpaired) electrons. The maximum Gasteiger partial charge on any atom is 0.350 e. The summed E-state index contributed by atoms with van der Waals surface area (Å²) in [4.78, 5) is 26.7. The van der Waals surface area contributed by atoms with Crippen LogP contribution in [0.25, 0.3) is 5.65 Å². The third-order valence-electron chi connectivity index (χ3n) is 5.11. The maximum absolute atomic E-state index is 12.6. The van der Waals surface area contributed by atoms with E-state index in [4.69, 9.17) is 0 Å². The third kappa shape index (κ3) is 3.40. The zero-order chi connectivity index (χ0) is 17.9. The van der Waals surface area contributed by atoms with Gasteiger partial charge in [0.05, 0.1) is 0 Å². The number of hydrogen-bond acceptors (Lipinski definition) is 3. The Balaban J connectivity index is 1.36. The van der Waals surface area contributed by atoms with Gasteiger partial charge >= 0.3 is 5.69 Å². The van der Waals surface area contributed by atoms with E-state index in [1.807, 2.05) is 17.0 Å². The number of carbonyl (C=O) groups is 1. The van der Waals surface area contributed by atoms with E-state index in [9.17, 15) is 9.59 Å². The minimum atomic E-state index is -0.270. The molecule has 0 aliphatic carbocycles. The van der Waals surface area contributed by atoms with Crippen molar-refractivity contribution >= 4 is 11.6 Å². The van der Waals surface area contributed by atoms with Crippen LogP contribution in [0.2, 0.25) is 0 Å². The Morgan fingerprint density at radius 3 is 2.50 bits per heavy atom. The molecule has 1 aliphatic rings. The van der Waals surface area contributed by atoms with Crippen LogP contribution in [0.3, 0.4) is 0 Å². The van der Waals surface area contributed by atoms with Crippen LogP contribution >= 0.6 is 0 Å². The van der Waals surface area contributed by atoms with E-state index in [1.54, 1.807) is 18.3 Å². The smallest absolute Gasteiger partial charge is 0.341 e. The number of rotatable bonds is 4. The summed E-state index contributed by atoms with van der Waals surface area (Å²) in [5.41, 5.74) is 1.65. The molecule has 1 fully saturated rings. The summed E-state index contributed by atoms with van der Waals surface area (Å²) in [7, 11) is 0. The van der Waals surface area contributed by atoms with E-state index in [-0.39, 0.29) is 18.1 Å². The van der Waals surface area contributed by atoms with Crippen LogP contribution in [0.5, 0.6) is 0 Å². The van der Waals surface area contributed by atoms with E-state index in [0.717, 1.165) is 32.4 Å². The Morgan fingerprint density at radius 2 is 1.77 bits per heavy atom. The highest BCUT2D eigenvalue weighted by Gasteiger charge is 2.24. The Kier molecular flexibility index (Phi) is 4.56. The van der Waals surface area contributed by atoms with Gasteiger partial charge in [-0.05, 0) is 42.9 Å². The fourth-order valence-corrected chi connectivity index (χ4v) is 3.63. The summed E-state index contributed by atoms with van der Waals surface area (Å²) in [6.45, 7) is 1.50. The lowest BCUT2D eigenvalue weighted by molar-refractivity contribution is -0.133. The molecule has 1 amide bonds. The largest absolute Gasteiger partial charge is 0.350 e. The standard InChI is InChI=1S/C20H22N4O2/c25-19(15-24-20(26)23-11-5-4-8-18(23)21-24)22-12-9-17(10-13-22)14-16-6-2-1-3-7-16/h1-8,11,17H,9-10,12-15H2. The summed E-state index contributed by atoms with van der Waals surface area (Å²) < 4.78 is 2.72. The summed E-state index contributed by atoms with van der Waals surface area (Å²) in [6.07, 6.45) is 4.73. The summed E-state index contributed by atoms with van der Waals surface area (Å²) >= 11 is 0. The van der Waals surface area contributed by atoms with Crippen molar-refractivity contribution in [1.82, 2.24) is 19.1 Å². The van der Waals surface area contributed by atoms with Crippen molar-refractivity contribution in [3.8, 4) is 0 Å². The van der Waals surface area contributed by atoms with Crippen molar-refractivity contribution in [2.24, 2.45) is 5.92 Å². The normalized spacial score (nSPS) is 15.5. The van der Waals surface area contributed by atoms with E-state index >= 15 is 0 Å². The second-order valence-corrected chi connectivity index (χ2v) is 6.88. The highest BCUT2D eigenvalue weighted by atomic mass is 16.2. The molecule has 0 unspecified atom stereocenters. The first-order valence-electron chi connectivity index (χ1n) is 9.06. The zero-order valence-corrected chi connectivity index (χ0v) is 14.6. The number of benzene rings is 1. The molecule has 3 heterocycles. The van der Waals surface area contributed by atoms with Crippen LogP contribution in [-0.2, 0) is 17.8 Å². The van der Waals surface area contributed by atoms with Crippen LogP contribution < -0.4 is 5.69 Å². The number of piperidine rings is 1. The van der Waals surface area contributed by atoms with Crippen LogP contribution in [-0.4, -0.2) is 38.1 Å². The van der Waals surface area contributed by atoms with Gasteiger partial charge in [0.1, 0.15) is 6.54 Å². The van der Waals surface area contributed by atoms with Crippen molar-refractivity contribution in [3.63, 3.8) is 0 Å². The zero-order valence-electron chi connectivity index (χ0n) is 14.6. The van der Waals surface area contributed by atoms with Gasteiger partial charge in [-0.2, -0.15) is 0 Å².